The normalized spacial score (nSPS) is 11.3. The van der Waals surface area contributed by atoms with E-state index >= 15 is 0 Å². The third kappa shape index (κ3) is 7.91. The van der Waals surface area contributed by atoms with Crippen molar-refractivity contribution in [2.45, 2.75) is 78.6 Å². The first kappa shape index (κ1) is 26.4. The van der Waals surface area contributed by atoms with Gasteiger partial charge in [0.15, 0.2) is 0 Å². The standard InChI is InChI=1S/C26H40N4O3/c1-7-9-11-17-29(25(32)12-10-8-2)19-24(31)27-23-18-22(26(3,4)5)28-30(23)20-13-15-21(33-6)16-14-20/h13-16,18H,7-12,17,19H2,1-6H3,(H,27,31). The summed E-state index contributed by atoms with van der Waals surface area (Å²) in [5.41, 5.74) is 1.51. The lowest BCUT2D eigenvalue weighted by atomic mass is 9.92. The van der Waals surface area contributed by atoms with Gasteiger partial charge in [0.2, 0.25) is 11.8 Å². The molecule has 2 aromatic rings. The molecular formula is C26H40N4O3. The summed E-state index contributed by atoms with van der Waals surface area (Å²) in [6.07, 6.45) is 5.28. The largest absolute Gasteiger partial charge is 0.497 e. The molecule has 0 aliphatic rings. The summed E-state index contributed by atoms with van der Waals surface area (Å²) in [6.45, 7) is 11.1. The van der Waals surface area contributed by atoms with Crippen molar-refractivity contribution in [1.82, 2.24) is 14.7 Å². The number of hydrogen-bond acceptors (Lipinski definition) is 4. The number of carbonyl (C=O) groups is 2. The molecule has 0 unspecified atom stereocenters. The molecule has 33 heavy (non-hydrogen) atoms. The number of ether oxygens (including phenoxy) is 1. The summed E-state index contributed by atoms with van der Waals surface area (Å²) in [7, 11) is 1.63. The number of aromatic nitrogens is 2. The zero-order chi connectivity index (χ0) is 24.4. The molecule has 1 heterocycles. The van der Waals surface area contributed by atoms with E-state index in [1.807, 2.05) is 30.3 Å². The molecule has 0 saturated heterocycles. The minimum atomic E-state index is -0.216. The van der Waals surface area contributed by atoms with Crippen LogP contribution in [-0.2, 0) is 15.0 Å². The number of nitrogens with zero attached hydrogens (tertiary/aromatic N) is 3. The molecule has 0 saturated carbocycles. The Labute approximate surface area is 198 Å². The van der Waals surface area contributed by atoms with Gasteiger partial charge < -0.3 is 15.0 Å². The second-order valence-electron chi connectivity index (χ2n) is 9.45. The van der Waals surface area contributed by atoms with Gasteiger partial charge in [0.25, 0.3) is 0 Å². The maximum atomic E-state index is 13.0. The molecule has 0 radical (unpaired) electrons. The van der Waals surface area contributed by atoms with E-state index in [0.717, 1.165) is 49.2 Å². The van der Waals surface area contributed by atoms with Gasteiger partial charge in [-0.05, 0) is 37.1 Å². The maximum absolute atomic E-state index is 13.0. The van der Waals surface area contributed by atoms with Gasteiger partial charge in [-0.15, -0.1) is 0 Å². The Morgan fingerprint density at radius 3 is 2.30 bits per heavy atom. The molecule has 2 amide bonds. The van der Waals surface area contributed by atoms with Gasteiger partial charge in [-0.3, -0.25) is 9.59 Å². The third-order valence-corrected chi connectivity index (χ3v) is 5.53. The van der Waals surface area contributed by atoms with Crippen LogP contribution in [0.15, 0.2) is 30.3 Å². The molecule has 0 atom stereocenters. The minimum absolute atomic E-state index is 0.0437. The first-order valence-electron chi connectivity index (χ1n) is 12.0. The summed E-state index contributed by atoms with van der Waals surface area (Å²) in [4.78, 5) is 27.4. The lowest BCUT2D eigenvalue weighted by Gasteiger charge is -2.22. The number of carbonyl (C=O) groups excluding carboxylic acids is 2. The molecule has 0 fully saturated rings. The number of anilines is 1. The second-order valence-corrected chi connectivity index (χ2v) is 9.45. The fourth-order valence-electron chi connectivity index (χ4n) is 3.44. The van der Waals surface area contributed by atoms with Crippen molar-refractivity contribution in [3.8, 4) is 11.4 Å². The zero-order valence-electron chi connectivity index (χ0n) is 21.1. The van der Waals surface area contributed by atoms with Crippen LogP contribution in [0, 0.1) is 0 Å². The van der Waals surface area contributed by atoms with Gasteiger partial charge in [-0.2, -0.15) is 5.10 Å². The van der Waals surface area contributed by atoms with Gasteiger partial charge in [0.05, 0.1) is 25.0 Å². The van der Waals surface area contributed by atoms with Crippen molar-refractivity contribution >= 4 is 17.6 Å². The molecule has 0 spiro atoms. The van der Waals surface area contributed by atoms with Crippen LogP contribution in [0.2, 0.25) is 0 Å². The van der Waals surface area contributed by atoms with Crippen LogP contribution in [-0.4, -0.2) is 46.7 Å². The van der Waals surface area contributed by atoms with Gasteiger partial charge >= 0.3 is 0 Å². The molecule has 0 aliphatic heterocycles. The lowest BCUT2D eigenvalue weighted by molar-refractivity contribution is -0.134. The van der Waals surface area contributed by atoms with Crippen LogP contribution < -0.4 is 10.1 Å². The fraction of sp³-hybridized carbons (Fsp3) is 0.577. The van der Waals surface area contributed by atoms with E-state index in [2.05, 4.69) is 39.9 Å². The van der Waals surface area contributed by atoms with Crippen molar-refractivity contribution in [3.63, 3.8) is 0 Å². The Hall–Kier alpha value is -2.83. The third-order valence-electron chi connectivity index (χ3n) is 5.53. The fourth-order valence-corrected chi connectivity index (χ4v) is 3.44. The zero-order valence-corrected chi connectivity index (χ0v) is 21.1. The highest BCUT2D eigenvalue weighted by molar-refractivity contribution is 5.94. The number of hydrogen-bond donors (Lipinski definition) is 1. The number of rotatable bonds is 12. The molecule has 7 nitrogen and oxygen atoms in total. The topological polar surface area (TPSA) is 76.5 Å². The van der Waals surface area contributed by atoms with Gasteiger partial charge in [0, 0.05) is 24.4 Å². The number of amides is 2. The summed E-state index contributed by atoms with van der Waals surface area (Å²) >= 11 is 0. The average Bonchev–Trinajstić information content (AvgIpc) is 3.21. The molecule has 182 valence electrons. The van der Waals surface area contributed by atoms with Crippen LogP contribution in [0.3, 0.4) is 0 Å². The first-order chi connectivity index (χ1) is 15.7. The average molecular weight is 457 g/mol. The van der Waals surface area contributed by atoms with E-state index < -0.39 is 0 Å². The quantitative estimate of drug-likeness (QED) is 0.438. The predicted molar refractivity (Wildman–Crippen MR) is 133 cm³/mol. The molecule has 1 N–H and O–H groups in total. The van der Waals surface area contributed by atoms with Crippen LogP contribution in [0.1, 0.15) is 78.8 Å². The Morgan fingerprint density at radius 2 is 1.73 bits per heavy atom. The molecule has 0 bridgehead atoms. The first-order valence-corrected chi connectivity index (χ1v) is 12.0. The molecule has 1 aromatic carbocycles. The van der Waals surface area contributed by atoms with Crippen molar-refractivity contribution in [3.05, 3.63) is 36.0 Å². The summed E-state index contributed by atoms with van der Waals surface area (Å²) in [5.74, 6) is 1.17. The SMILES string of the molecule is CCCCCN(CC(=O)Nc1cc(C(C)(C)C)nn1-c1ccc(OC)cc1)C(=O)CCCC. The smallest absolute Gasteiger partial charge is 0.245 e. The van der Waals surface area contributed by atoms with Crippen LogP contribution >= 0.6 is 0 Å². The van der Waals surface area contributed by atoms with E-state index in [0.29, 0.717) is 18.8 Å². The van der Waals surface area contributed by atoms with E-state index in [1.54, 1.807) is 16.7 Å². The Morgan fingerprint density at radius 1 is 1.06 bits per heavy atom. The summed E-state index contributed by atoms with van der Waals surface area (Å²) < 4.78 is 6.99. The number of methoxy groups -OCH3 is 1. The molecule has 0 aliphatic carbocycles. The Bertz CT molecular complexity index is 897. The Balaban J connectivity index is 2.24. The highest BCUT2D eigenvalue weighted by atomic mass is 16.5. The number of benzene rings is 1. The number of unbranched alkanes of at least 4 members (excludes halogenated alkanes) is 3. The second kappa shape index (κ2) is 12.4. The summed E-state index contributed by atoms with van der Waals surface area (Å²) in [5, 5.41) is 7.75. The minimum Gasteiger partial charge on any atom is -0.497 e. The van der Waals surface area contributed by atoms with Gasteiger partial charge in [-0.25, -0.2) is 4.68 Å². The van der Waals surface area contributed by atoms with E-state index in [1.165, 1.54) is 0 Å². The van der Waals surface area contributed by atoms with Crippen molar-refractivity contribution in [1.29, 1.82) is 0 Å². The van der Waals surface area contributed by atoms with Gasteiger partial charge in [-0.1, -0.05) is 53.9 Å². The Kier molecular flexibility index (Phi) is 9.95. The van der Waals surface area contributed by atoms with Gasteiger partial charge in [0.1, 0.15) is 11.6 Å². The highest BCUT2D eigenvalue weighted by Crippen LogP contribution is 2.27. The van der Waals surface area contributed by atoms with E-state index in [-0.39, 0.29) is 23.8 Å². The highest BCUT2D eigenvalue weighted by Gasteiger charge is 2.23. The van der Waals surface area contributed by atoms with Crippen molar-refractivity contribution in [2.75, 3.05) is 25.5 Å². The monoisotopic (exact) mass is 456 g/mol. The molecule has 1 aromatic heterocycles. The van der Waals surface area contributed by atoms with E-state index in [9.17, 15) is 9.59 Å². The predicted octanol–water partition coefficient (Wildman–Crippen LogP) is 5.33. The van der Waals surface area contributed by atoms with Crippen LogP contribution in [0.25, 0.3) is 5.69 Å². The van der Waals surface area contributed by atoms with E-state index in [4.69, 9.17) is 9.84 Å². The molecular weight excluding hydrogens is 416 g/mol. The lowest BCUT2D eigenvalue weighted by Crippen LogP contribution is -2.38. The summed E-state index contributed by atoms with van der Waals surface area (Å²) in [6, 6.07) is 9.43. The van der Waals surface area contributed by atoms with Crippen molar-refractivity contribution in [2.24, 2.45) is 0 Å². The maximum Gasteiger partial charge on any atom is 0.245 e. The van der Waals surface area contributed by atoms with Crippen LogP contribution in [0.4, 0.5) is 5.82 Å². The number of nitrogens with one attached hydrogen (secondary N) is 1. The van der Waals surface area contributed by atoms with Crippen LogP contribution in [0.5, 0.6) is 5.75 Å². The van der Waals surface area contributed by atoms with Crippen molar-refractivity contribution < 1.29 is 14.3 Å². The molecule has 7 heteroatoms. The molecule has 2 rings (SSSR count).